The molecule has 0 bridgehead atoms. The molecule has 2 aromatic heterocycles. The molecule has 2 rings (SSSR count). The highest BCUT2D eigenvalue weighted by atomic mass is 127. The molecule has 0 aliphatic rings. The fourth-order valence-corrected chi connectivity index (χ4v) is 2.28. The number of rotatable bonds is 3. The first-order valence-electron chi connectivity index (χ1n) is 4.87. The Labute approximate surface area is 122 Å². The smallest absolute Gasteiger partial charge is 0.381 e. The lowest BCUT2D eigenvalue weighted by Crippen LogP contribution is -2.15. The van der Waals surface area contributed by atoms with Gasteiger partial charge in [0.1, 0.15) is 3.70 Å². The van der Waals surface area contributed by atoms with Crippen LogP contribution in [0, 0.1) is 3.70 Å². The Balaban J connectivity index is 2.24. The number of nitrogens with zero attached hydrogens (tertiary/aromatic N) is 3. The summed E-state index contributed by atoms with van der Waals surface area (Å²) in [5, 5.41) is 6.83. The normalized spacial score (nSPS) is 12.1. The SMILES string of the molecule is FC(F)(F)CCNc1c(Br)cnn2c(I)cnc12. The average molecular weight is 435 g/mol. The van der Waals surface area contributed by atoms with E-state index in [-0.39, 0.29) is 6.54 Å². The van der Waals surface area contributed by atoms with Crippen LogP contribution in [0.15, 0.2) is 16.9 Å². The Hall–Kier alpha value is -0.580. The van der Waals surface area contributed by atoms with Gasteiger partial charge in [0.05, 0.1) is 29.0 Å². The van der Waals surface area contributed by atoms with Gasteiger partial charge < -0.3 is 5.32 Å². The molecule has 0 radical (unpaired) electrons. The number of alkyl halides is 3. The molecule has 0 amide bonds. The summed E-state index contributed by atoms with van der Waals surface area (Å²) >= 11 is 5.29. The van der Waals surface area contributed by atoms with E-state index in [1.165, 1.54) is 6.20 Å². The Bertz CT molecular complexity index is 569. The molecule has 2 aromatic rings. The van der Waals surface area contributed by atoms with Crippen molar-refractivity contribution in [2.24, 2.45) is 0 Å². The van der Waals surface area contributed by atoms with Gasteiger partial charge in [-0.15, -0.1) is 0 Å². The van der Waals surface area contributed by atoms with Crippen molar-refractivity contribution in [1.29, 1.82) is 0 Å². The molecule has 98 valence electrons. The van der Waals surface area contributed by atoms with Crippen molar-refractivity contribution < 1.29 is 13.2 Å². The lowest BCUT2D eigenvalue weighted by Gasteiger charge is -2.11. The van der Waals surface area contributed by atoms with Crippen molar-refractivity contribution in [2.75, 3.05) is 11.9 Å². The zero-order chi connectivity index (χ0) is 13.3. The molecule has 18 heavy (non-hydrogen) atoms. The van der Waals surface area contributed by atoms with Crippen molar-refractivity contribution in [2.45, 2.75) is 12.6 Å². The minimum absolute atomic E-state index is 0.203. The fraction of sp³-hybridized carbons (Fsp3) is 0.333. The largest absolute Gasteiger partial charge is 0.390 e. The zero-order valence-electron chi connectivity index (χ0n) is 8.80. The highest BCUT2D eigenvalue weighted by Crippen LogP contribution is 2.27. The van der Waals surface area contributed by atoms with E-state index in [9.17, 15) is 13.2 Å². The summed E-state index contributed by atoms with van der Waals surface area (Å²) in [5.41, 5.74) is 1.01. The minimum atomic E-state index is -4.17. The van der Waals surface area contributed by atoms with Gasteiger partial charge in [-0.3, -0.25) is 0 Å². The fourth-order valence-electron chi connectivity index (χ4n) is 1.38. The number of nitrogens with one attached hydrogen (secondary N) is 1. The zero-order valence-corrected chi connectivity index (χ0v) is 12.5. The predicted molar refractivity (Wildman–Crippen MR) is 72.6 cm³/mol. The molecule has 0 aromatic carbocycles. The van der Waals surface area contributed by atoms with Gasteiger partial charge in [0, 0.05) is 6.54 Å². The Morgan fingerprint density at radius 1 is 1.39 bits per heavy atom. The monoisotopic (exact) mass is 434 g/mol. The minimum Gasteiger partial charge on any atom is -0.381 e. The van der Waals surface area contributed by atoms with Crippen LogP contribution in [0.3, 0.4) is 0 Å². The first-order valence-corrected chi connectivity index (χ1v) is 6.74. The second-order valence-corrected chi connectivity index (χ2v) is 5.44. The first kappa shape index (κ1) is 13.8. The topological polar surface area (TPSA) is 42.2 Å². The summed E-state index contributed by atoms with van der Waals surface area (Å²) in [6, 6.07) is 0. The van der Waals surface area contributed by atoms with Gasteiger partial charge in [0.15, 0.2) is 5.65 Å². The van der Waals surface area contributed by atoms with Crippen molar-refractivity contribution >= 4 is 49.9 Å². The highest BCUT2D eigenvalue weighted by molar-refractivity contribution is 14.1. The Morgan fingerprint density at radius 3 is 2.78 bits per heavy atom. The van der Waals surface area contributed by atoms with Crippen molar-refractivity contribution in [3.05, 3.63) is 20.6 Å². The molecule has 1 N–H and O–H groups in total. The van der Waals surface area contributed by atoms with Gasteiger partial charge in [0.25, 0.3) is 0 Å². The van der Waals surface area contributed by atoms with E-state index >= 15 is 0 Å². The van der Waals surface area contributed by atoms with Crippen molar-refractivity contribution in [3.63, 3.8) is 0 Å². The highest BCUT2D eigenvalue weighted by Gasteiger charge is 2.26. The van der Waals surface area contributed by atoms with Crippen molar-refractivity contribution in [3.8, 4) is 0 Å². The number of hydrogen-bond donors (Lipinski definition) is 1. The van der Waals surface area contributed by atoms with Crippen LogP contribution in [-0.4, -0.2) is 27.3 Å². The number of anilines is 1. The van der Waals surface area contributed by atoms with Gasteiger partial charge in [-0.2, -0.15) is 18.3 Å². The van der Waals surface area contributed by atoms with E-state index in [1.54, 1.807) is 10.7 Å². The summed E-state index contributed by atoms with van der Waals surface area (Å²) in [6.07, 6.45) is -1.95. The van der Waals surface area contributed by atoms with Crippen molar-refractivity contribution in [1.82, 2.24) is 14.6 Å². The first-order chi connectivity index (χ1) is 8.38. The average Bonchev–Trinajstić information content (AvgIpc) is 2.62. The summed E-state index contributed by atoms with van der Waals surface area (Å²) in [5.74, 6) is 0. The number of hydrogen-bond acceptors (Lipinski definition) is 3. The maximum absolute atomic E-state index is 12.1. The number of fused-ring (bicyclic) bond motifs is 1. The quantitative estimate of drug-likeness (QED) is 0.752. The molecule has 9 heteroatoms. The van der Waals surface area contributed by atoms with Gasteiger partial charge in [0.2, 0.25) is 0 Å². The molecule has 4 nitrogen and oxygen atoms in total. The molecule has 0 saturated heterocycles. The molecule has 2 heterocycles. The number of halogens is 5. The summed E-state index contributed by atoms with van der Waals surface area (Å²) in [4.78, 5) is 4.11. The van der Waals surface area contributed by atoms with E-state index in [4.69, 9.17) is 0 Å². The molecule has 0 aliphatic heterocycles. The van der Waals surface area contributed by atoms with E-state index in [1.807, 2.05) is 22.6 Å². The van der Waals surface area contributed by atoms with Gasteiger partial charge in [-0.1, -0.05) is 0 Å². The van der Waals surface area contributed by atoms with Gasteiger partial charge in [-0.05, 0) is 38.5 Å². The summed E-state index contributed by atoms with van der Waals surface area (Å²) < 4.78 is 39.2. The predicted octanol–water partition coefficient (Wildman–Crippen LogP) is 3.46. The third-order valence-corrected chi connectivity index (χ3v) is 3.49. The van der Waals surface area contributed by atoms with Crippen LogP contribution in [0.25, 0.3) is 5.65 Å². The third kappa shape index (κ3) is 3.05. The summed E-state index contributed by atoms with van der Waals surface area (Å²) in [7, 11) is 0. The van der Waals surface area contributed by atoms with Crippen LogP contribution in [0.1, 0.15) is 6.42 Å². The van der Waals surface area contributed by atoms with Crippen LogP contribution in [0.2, 0.25) is 0 Å². The molecular formula is C9H7BrF3IN4. The van der Waals surface area contributed by atoms with E-state index < -0.39 is 12.6 Å². The van der Waals surface area contributed by atoms with Gasteiger partial charge in [-0.25, -0.2) is 9.50 Å². The Morgan fingerprint density at radius 2 is 2.11 bits per heavy atom. The lowest BCUT2D eigenvalue weighted by atomic mass is 10.4. The standard InChI is InChI=1S/C9H7BrF3IN4/c10-5-3-17-18-6(14)4-16-8(18)7(5)15-2-1-9(11,12)13/h3-4,15H,1-2H2. The Kier molecular flexibility index (Phi) is 3.99. The number of imidazole rings is 1. The molecule has 0 saturated carbocycles. The lowest BCUT2D eigenvalue weighted by molar-refractivity contribution is -0.131. The van der Waals surface area contributed by atoms with Crippen LogP contribution < -0.4 is 5.32 Å². The molecule has 0 atom stereocenters. The molecule has 0 aliphatic carbocycles. The van der Waals surface area contributed by atoms with Crippen LogP contribution >= 0.6 is 38.5 Å². The van der Waals surface area contributed by atoms with E-state index in [0.717, 1.165) is 3.70 Å². The second kappa shape index (κ2) is 5.19. The van der Waals surface area contributed by atoms with Crippen LogP contribution in [0.4, 0.5) is 18.9 Å². The third-order valence-electron chi connectivity index (χ3n) is 2.16. The van der Waals surface area contributed by atoms with E-state index in [2.05, 4.69) is 31.3 Å². The molecular weight excluding hydrogens is 428 g/mol. The van der Waals surface area contributed by atoms with Gasteiger partial charge >= 0.3 is 6.18 Å². The molecule has 0 spiro atoms. The maximum Gasteiger partial charge on any atom is 0.390 e. The molecule has 0 fully saturated rings. The maximum atomic E-state index is 12.1. The second-order valence-electron chi connectivity index (χ2n) is 3.48. The summed E-state index contributed by atoms with van der Waals surface area (Å²) in [6.45, 7) is -0.203. The van der Waals surface area contributed by atoms with E-state index in [0.29, 0.717) is 15.8 Å². The van der Waals surface area contributed by atoms with Crippen LogP contribution in [0.5, 0.6) is 0 Å². The van der Waals surface area contributed by atoms with Crippen LogP contribution in [-0.2, 0) is 0 Å². The molecule has 0 unspecified atom stereocenters. The number of aromatic nitrogens is 3.